The Bertz CT molecular complexity index is 2060. The summed E-state index contributed by atoms with van der Waals surface area (Å²) in [6, 6.07) is 19.0. The first kappa shape index (κ1) is 37.8. The zero-order chi connectivity index (χ0) is 34.5. The summed E-state index contributed by atoms with van der Waals surface area (Å²) in [7, 11) is 4.22. The number of rotatable bonds is 7. The number of fused-ring (bicyclic) bond motifs is 1. The number of hydrogen-bond donors (Lipinski definition) is 2. The third kappa shape index (κ3) is 8.23. The van der Waals surface area contributed by atoms with Crippen molar-refractivity contribution in [3.05, 3.63) is 104 Å². The summed E-state index contributed by atoms with van der Waals surface area (Å²) in [4.78, 5) is 34.7. The number of benzene rings is 2. The van der Waals surface area contributed by atoms with E-state index in [2.05, 4.69) is 27.5 Å². The van der Waals surface area contributed by atoms with Crippen LogP contribution in [0.25, 0.3) is 33.4 Å². The van der Waals surface area contributed by atoms with Crippen LogP contribution in [0, 0.1) is 19.2 Å². The fourth-order valence-corrected chi connectivity index (χ4v) is 5.61. The zero-order valence-electron chi connectivity index (χ0n) is 27.0. The molecule has 0 bridgehead atoms. The van der Waals surface area contributed by atoms with Gasteiger partial charge in [-0.3, -0.25) is 0 Å². The first-order valence-electron chi connectivity index (χ1n) is 14.9. The second kappa shape index (κ2) is 16.6. The molecule has 2 aromatic carbocycles. The van der Waals surface area contributed by atoms with E-state index in [0.29, 0.717) is 30.7 Å². The predicted octanol–water partition coefficient (Wildman–Crippen LogP) is 4.19. The summed E-state index contributed by atoms with van der Waals surface area (Å²) in [5, 5.41) is 14.0. The van der Waals surface area contributed by atoms with Crippen molar-refractivity contribution >= 4 is 22.6 Å². The van der Waals surface area contributed by atoms with Gasteiger partial charge in [-0.2, -0.15) is 29.8 Å². The average molecular weight is 734 g/mol. The molecule has 0 saturated carbocycles. The fraction of sp³-hybridized carbons (Fsp3) is 0.324. The smallest absolute Gasteiger partial charge is 0.481 e. The van der Waals surface area contributed by atoms with Gasteiger partial charge in [-0.15, -0.1) is 5.56 Å². The molecular formula is C34H33ClF2MnN6O5. The van der Waals surface area contributed by atoms with Gasteiger partial charge in [0.25, 0.3) is 6.43 Å². The minimum absolute atomic E-state index is 0. The van der Waals surface area contributed by atoms with Crippen LogP contribution in [0.5, 0.6) is 5.88 Å². The molecule has 49 heavy (non-hydrogen) atoms. The number of aryl methyl sites for hydroxylation is 2. The zero-order valence-corrected chi connectivity index (χ0v) is 28.9. The number of aliphatic hydroxyl groups is 1. The summed E-state index contributed by atoms with van der Waals surface area (Å²) < 4.78 is 37.5. The molecule has 3 aromatic heterocycles. The number of nitrogens with zero attached hydrogens (tertiary/aromatic N) is 5. The Morgan fingerprint density at radius 1 is 1.10 bits per heavy atom. The molecule has 0 aliphatic carbocycles. The number of nitrogens with one attached hydrogen (secondary N) is 1. The van der Waals surface area contributed by atoms with Crippen LogP contribution in [0.15, 0.2) is 58.1 Å². The van der Waals surface area contributed by atoms with Crippen molar-refractivity contribution < 1.29 is 40.4 Å². The van der Waals surface area contributed by atoms with E-state index in [-0.39, 0.29) is 34.1 Å². The molecule has 1 aliphatic heterocycles. The second-order valence-electron chi connectivity index (χ2n) is 11.1. The van der Waals surface area contributed by atoms with Gasteiger partial charge in [-0.1, -0.05) is 48.4 Å². The summed E-state index contributed by atoms with van der Waals surface area (Å²) in [6.07, 6.45) is -0.423. The predicted molar refractivity (Wildman–Crippen MR) is 176 cm³/mol. The van der Waals surface area contributed by atoms with E-state index in [1.165, 1.54) is 14.1 Å². The molecule has 5 aromatic rings. The summed E-state index contributed by atoms with van der Waals surface area (Å²) in [5.74, 6) is -0.224. The van der Waals surface area contributed by atoms with E-state index < -0.39 is 29.6 Å². The maximum atomic E-state index is 12.4. The molecule has 0 unspecified atom stereocenters. The Morgan fingerprint density at radius 3 is 2.53 bits per heavy atom. The maximum Gasteiger partial charge on any atom is 2.00 e. The van der Waals surface area contributed by atoms with Crippen LogP contribution in [-0.4, -0.2) is 61.7 Å². The van der Waals surface area contributed by atoms with E-state index in [4.69, 9.17) is 26.1 Å². The quantitative estimate of drug-likeness (QED) is 0.187. The molecule has 2 atom stereocenters. The summed E-state index contributed by atoms with van der Waals surface area (Å²) >= 11 is 6.82. The van der Waals surface area contributed by atoms with Crippen molar-refractivity contribution in [1.82, 2.24) is 29.4 Å². The van der Waals surface area contributed by atoms with Gasteiger partial charge in [0.05, 0.1) is 31.2 Å². The molecule has 0 spiro atoms. The Labute approximate surface area is 296 Å². The van der Waals surface area contributed by atoms with Gasteiger partial charge < -0.3 is 43.8 Å². The van der Waals surface area contributed by atoms with Crippen LogP contribution in [0.2, 0.25) is 5.02 Å². The van der Waals surface area contributed by atoms with Crippen molar-refractivity contribution in [3.8, 4) is 28.3 Å². The Hall–Kier alpha value is -4.04. The van der Waals surface area contributed by atoms with Crippen molar-refractivity contribution in [2.45, 2.75) is 38.5 Å². The Morgan fingerprint density at radius 2 is 1.84 bits per heavy atom. The monoisotopic (exact) mass is 733 g/mol. The number of ether oxygens (including phenoxy) is 2. The number of halogens is 3. The van der Waals surface area contributed by atoms with E-state index in [1.807, 2.05) is 55.5 Å². The second-order valence-corrected chi connectivity index (χ2v) is 11.4. The normalized spacial score (nSPS) is 15.8. The molecule has 4 heterocycles. The van der Waals surface area contributed by atoms with Crippen LogP contribution in [0.4, 0.5) is 8.78 Å². The maximum absolute atomic E-state index is 12.4. The molecule has 1 fully saturated rings. The largest absolute Gasteiger partial charge is 2.00 e. The summed E-state index contributed by atoms with van der Waals surface area (Å²) in [6.45, 7) is 3.58. The number of aliphatic hydroxyl groups excluding tert-OH is 1. The minimum atomic E-state index is -2.88. The number of methoxy groups -OCH3 is 1. The van der Waals surface area contributed by atoms with E-state index in [9.17, 15) is 23.5 Å². The van der Waals surface area contributed by atoms with Crippen molar-refractivity contribution in [3.63, 3.8) is 0 Å². The fourth-order valence-electron chi connectivity index (χ4n) is 5.29. The van der Waals surface area contributed by atoms with Crippen LogP contribution in [0.1, 0.15) is 29.8 Å². The molecule has 6 rings (SSSR count). The van der Waals surface area contributed by atoms with Gasteiger partial charge >= 0.3 is 22.8 Å². The van der Waals surface area contributed by atoms with E-state index in [1.54, 1.807) is 7.11 Å². The molecule has 1 saturated heterocycles. The van der Waals surface area contributed by atoms with Gasteiger partial charge in [-0.25, -0.2) is 18.6 Å². The Kier molecular flexibility index (Phi) is 12.8. The molecule has 1 aliphatic rings. The minimum Gasteiger partial charge on any atom is -0.481 e. The molecule has 257 valence electrons. The van der Waals surface area contributed by atoms with Crippen molar-refractivity contribution in [1.29, 1.82) is 0 Å². The number of pyridine rings is 1. The van der Waals surface area contributed by atoms with Gasteiger partial charge in [0.2, 0.25) is 5.88 Å². The van der Waals surface area contributed by atoms with Crippen LogP contribution < -0.4 is 21.3 Å². The molecule has 0 amide bonds. The number of hydrogen-bond acceptors (Lipinski definition) is 9. The number of alkyl halides is 2. The number of aromatic nitrogens is 5. The molecule has 1 radical (unpaired) electrons. The van der Waals surface area contributed by atoms with Crippen molar-refractivity contribution in [2.75, 3.05) is 20.3 Å². The van der Waals surface area contributed by atoms with Gasteiger partial charge in [0, 0.05) is 49.4 Å². The summed E-state index contributed by atoms with van der Waals surface area (Å²) in [5.41, 5.74) is 4.11. The van der Waals surface area contributed by atoms with E-state index in [0.717, 1.165) is 49.1 Å². The Balaban J connectivity index is 0.000000255. The SMILES string of the molecule is COc1nc(-c2cccc(-c3ccc[c-]c3C)c2Cl)ccc1CN[C@@H]1CCOC[C@@H]1O.Cn1c(=O)c2[c-]nc(C(F)F)nc2n(C)c1=O.[Mn+2]. The third-order valence-electron chi connectivity index (χ3n) is 7.97. The third-order valence-corrected chi connectivity index (χ3v) is 8.38. The van der Waals surface area contributed by atoms with Crippen LogP contribution in [-0.2, 0) is 42.4 Å². The molecule has 11 nitrogen and oxygen atoms in total. The van der Waals surface area contributed by atoms with Crippen LogP contribution in [0.3, 0.4) is 0 Å². The average Bonchev–Trinajstić information content (AvgIpc) is 3.10. The first-order valence-corrected chi connectivity index (χ1v) is 15.3. The molecule has 15 heteroatoms. The van der Waals surface area contributed by atoms with Gasteiger partial charge in [-0.05, 0) is 24.1 Å². The van der Waals surface area contributed by atoms with Crippen LogP contribution >= 0.6 is 11.6 Å². The van der Waals surface area contributed by atoms with Crippen molar-refractivity contribution in [2.24, 2.45) is 14.1 Å². The standard InChI is InChI=1S/C25H26ClN2O3.C9H7F2N4O2.Mn/c1-16-6-3-4-7-18(16)19-8-5-9-20(24(19)26)21-11-10-17(25(28-21)30-2)14-27-22-12-13-31-15-23(22)29;1-14-7-4(8(16)15(2)9(14)17)3-12-6(13-7)5(10)11;/h3-5,7-11,22-23,27,29H,12-15H2,1-2H3;5H,1-2H3;/q2*-1;+2/t22-,23+;;/m1../s1. The van der Waals surface area contributed by atoms with Gasteiger partial charge in [0.15, 0.2) is 5.56 Å². The molecular weight excluding hydrogens is 701 g/mol. The first-order chi connectivity index (χ1) is 23.0. The van der Waals surface area contributed by atoms with E-state index >= 15 is 0 Å². The van der Waals surface area contributed by atoms with Gasteiger partial charge in [0.1, 0.15) is 5.82 Å². The molecule has 2 N–H and O–H groups in total. The topological polar surface area (TPSA) is 133 Å².